The topological polar surface area (TPSA) is 90.6 Å². The van der Waals surface area contributed by atoms with Crippen molar-refractivity contribution in [1.29, 1.82) is 0 Å². The summed E-state index contributed by atoms with van der Waals surface area (Å²) in [6, 6.07) is 25.6. The van der Waals surface area contributed by atoms with Crippen molar-refractivity contribution in [2.75, 3.05) is 9.80 Å². The Hall–Kier alpha value is -4.52. The number of hydrogen-bond acceptors (Lipinski definition) is 4. The molecule has 7 rings (SSSR count). The SMILES string of the molecule is CC1(C2CC(=O)N(c3ccccc3)C2=O)C[C@H]2C(=O)N(c3ccccc3)C(=O)[C@H]2c2c1[nH]c1ccccc21. The van der Waals surface area contributed by atoms with Crippen LogP contribution in [0.5, 0.6) is 0 Å². The van der Waals surface area contributed by atoms with E-state index in [1.54, 1.807) is 48.5 Å². The number of carbonyl (C=O) groups excluding carboxylic acids is 4. The zero-order valence-corrected chi connectivity index (χ0v) is 20.8. The number of rotatable bonds is 3. The van der Waals surface area contributed by atoms with Crippen LogP contribution in [0.15, 0.2) is 84.9 Å². The molecular formula is C31H25N3O4. The van der Waals surface area contributed by atoms with Crippen LogP contribution in [0.2, 0.25) is 0 Å². The predicted molar refractivity (Wildman–Crippen MR) is 142 cm³/mol. The van der Waals surface area contributed by atoms with E-state index in [4.69, 9.17) is 0 Å². The van der Waals surface area contributed by atoms with E-state index in [0.29, 0.717) is 11.4 Å². The number of hydrogen-bond donors (Lipinski definition) is 1. The molecule has 1 aromatic heterocycles. The molecular weight excluding hydrogens is 478 g/mol. The maximum absolute atomic E-state index is 13.9. The minimum Gasteiger partial charge on any atom is -0.358 e. The van der Waals surface area contributed by atoms with Gasteiger partial charge in [-0.25, -0.2) is 4.90 Å². The van der Waals surface area contributed by atoms with Crippen molar-refractivity contribution >= 4 is 45.9 Å². The molecule has 0 bridgehead atoms. The lowest BCUT2D eigenvalue weighted by Gasteiger charge is -2.41. The van der Waals surface area contributed by atoms with Crippen LogP contribution >= 0.6 is 0 Å². The summed E-state index contributed by atoms with van der Waals surface area (Å²) >= 11 is 0. The fourth-order valence-corrected chi connectivity index (χ4v) is 6.88. The van der Waals surface area contributed by atoms with Gasteiger partial charge in [-0.3, -0.25) is 24.1 Å². The summed E-state index contributed by atoms with van der Waals surface area (Å²) in [4.78, 5) is 61.0. The smallest absolute Gasteiger partial charge is 0.242 e. The Morgan fingerprint density at radius 1 is 0.737 bits per heavy atom. The number of nitrogens with zero attached hydrogens (tertiary/aromatic N) is 2. The molecule has 7 heteroatoms. The average Bonchev–Trinajstić information content (AvgIpc) is 3.55. The predicted octanol–water partition coefficient (Wildman–Crippen LogP) is 4.68. The largest absolute Gasteiger partial charge is 0.358 e. The molecule has 2 aliphatic heterocycles. The third kappa shape index (κ3) is 2.96. The van der Waals surface area contributed by atoms with Gasteiger partial charge in [0.05, 0.1) is 29.1 Å². The normalized spacial score (nSPS) is 26.8. The van der Waals surface area contributed by atoms with Gasteiger partial charge in [0.2, 0.25) is 23.6 Å². The molecule has 4 aromatic rings. The third-order valence-electron chi connectivity index (χ3n) is 8.64. The first kappa shape index (κ1) is 22.7. The maximum atomic E-state index is 13.9. The molecule has 188 valence electrons. The maximum Gasteiger partial charge on any atom is 0.242 e. The van der Waals surface area contributed by atoms with Crippen molar-refractivity contribution in [3.63, 3.8) is 0 Å². The molecule has 2 unspecified atom stereocenters. The van der Waals surface area contributed by atoms with Crippen LogP contribution < -0.4 is 9.80 Å². The number of carbonyl (C=O) groups is 4. The van der Waals surface area contributed by atoms with E-state index < -0.39 is 23.2 Å². The first-order valence-electron chi connectivity index (χ1n) is 12.9. The lowest BCUT2D eigenvalue weighted by Crippen LogP contribution is -2.45. The van der Waals surface area contributed by atoms with Crippen LogP contribution in [-0.4, -0.2) is 28.6 Å². The van der Waals surface area contributed by atoms with Gasteiger partial charge >= 0.3 is 0 Å². The Bertz CT molecular complexity index is 1640. The minimum absolute atomic E-state index is 0.0426. The zero-order valence-electron chi connectivity index (χ0n) is 20.8. The number of aromatic nitrogens is 1. The highest BCUT2D eigenvalue weighted by molar-refractivity contribution is 6.25. The van der Waals surface area contributed by atoms with Gasteiger partial charge in [0.1, 0.15) is 0 Å². The monoisotopic (exact) mass is 503 g/mol. The number of benzene rings is 3. The lowest BCUT2D eigenvalue weighted by molar-refractivity contribution is -0.126. The van der Waals surface area contributed by atoms with Gasteiger partial charge in [0, 0.05) is 28.4 Å². The number of amides is 4. The van der Waals surface area contributed by atoms with Crippen LogP contribution in [0.1, 0.15) is 36.9 Å². The van der Waals surface area contributed by atoms with Gasteiger partial charge in [0.25, 0.3) is 0 Å². The van der Waals surface area contributed by atoms with Crippen LogP contribution in [0.4, 0.5) is 11.4 Å². The standard InChI is InChI=1S/C31H25N3O4/c1-31(22-16-24(35)33(29(22)37)18-10-4-2-5-11-18)17-21-26(25-20-14-8-9-15-23(20)32-27(25)31)30(38)34(28(21)36)19-12-6-3-7-13-19/h2-15,21-22,26,32H,16-17H2,1H3/t21-,22?,26-,31?/m1/s1. The fourth-order valence-electron chi connectivity index (χ4n) is 6.88. The molecule has 0 radical (unpaired) electrons. The molecule has 7 nitrogen and oxygen atoms in total. The molecule has 4 amide bonds. The van der Waals surface area contributed by atoms with Crippen LogP contribution in [0, 0.1) is 11.8 Å². The summed E-state index contributed by atoms with van der Waals surface area (Å²) in [7, 11) is 0. The number of aromatic amines is 1. The molecule has 0 saturated carbocycles. The third-order valence-corrected chi connectivity index (χ3v) is 8.64. The second-order valence-corrected chi connectivity index (χ2v) is 10.7. The number of imide groups is 2. The summed E-state index contributed by atoms with van der Waals surface area (Å²) in [6.07, 6.45) is 0.332. The second kappa shape index (κ2) is 7.99. The molecule has 4 atom stereocenters. The molecule has 2 saturated heterocycles. The van der Waals surface area contributed by atoms with Crippen LogP contribution in [0.3, 0.4) is 0 Å². The number of anilines is 2. The summed E-state index contributed by atoms with van der Waals surface area (Å²) in [6.45, 7) is 1.96. The second-order valence-electron chi connectivity index (χ2n) is 10.7. The van der Waals surface area contributed by atoms with Crippen LogP contribution in [0.25, 0.3) is 10.9 Å². The zero-order chi connectivity index (χ0) is 26.2. The van der Waals surface area contributed by atoms with E-state index in [1.165, 1.54) is 9.80 Å². The number of H-pyrrole nitrogens is 1. The molecule has 3 heterocycles. The van der Waals surface area contributed by atoms with Crippen molar-refractivity contribution in [1.82, 2.24) is 4.98 Å². The minimum atomic E-state index is -0.853. The molecule has 3 aromatic carbocycles. The molecule has 38 heavy (non-hydrogen) atoms. The Morgan fingerprint density at radius 3 is 2.03 bits per heavy atom. The molecule has 0 spiro atoms. The van der Waals surface area contributed by atoms with E-state index in [1.807, 2.05) is 43.3 Å². The average molecular weight is 504 g/mol. The first-order chi connectivity index (χ1) is 18.4. The Morgan fingerprint density at radius 2 is 1.34 bits per heavy atom. The van der Waals surface area contributed by atoms with Crippen molar-refractivity contribution in [3.05, 3.63) is 96.2 Å². The highest BCUT2D eigenvalue weighted by Gasteiger charge is 2.61. The van der Waals surface area contributed by atoms with Gasteiger partial charge in [-0.1, -0.05) is 61.5 Å². The summed E-state index contributed by atoms with van der Waals surface area (Å²) in [5.74, 6) is -3.00. The highest BCUT2D eigenvalue weighted by Crippen LogP contribution is 2.57. The Kier molecular flexibility index (Phi) is 4.76. The highest BCUT2D eigenvalue weighted by atomic mass is 16.2. The molecule has 1 N–H and O–H groups in total. The fraction of sp³-hybridized carbons (Fsp3) is 0.226. The summed E-state index contributed by atoms with van der Waals surface area (Å²) in [5, 5.41) is 0.871. The summed E-state index contributed by atoms with van der Waals surface area (Å²) in [5.41, 5.74) is 2.63. The Balaban J connectivity index is 1.39. The van der Waals surface area contributed by atoms with E-state index in [2.05, 4.69) is 4.98 Å². The van der Waals surface area contributed by atoms with E-state index in [-0.39, 0.29) is 36.5 Å². The van der Waals surface area contributed by atoms with E-state index in [0.717, 1.165) is 22.2 Å². The molecule has 1 aliphatic carbocycles. The molecule has 2 fully saturated rings. The van der Waals surface area contributed by atoms with E-state index in [9.17, 15) is 19.2 Å². The number of para-hydroxylation sites is 3. The van der Waals surface area contributed by atoms with Gasteiger partial charge in [-0.05, 0) is 42.3 Å². The van der Waals surface area contributed by atoms with Crippen LogP contribution in [-0.2, 0) is 24.6 Å². The Labute approximate surface area is 219 Å². The number of fused-ring (bicyclic) bond motifs is 5. The first-order valence-corrected chi connectivity index (χ1v) is 12.9. The lowest BCUT2D eigenvalue weighted by atomic mass is 9.60. The van der Waals surface area contributed by atoms with Gasteiger partial charge in [-0.2, -0.15) is 0 Å². The van der Waals surface area contributed by atoms with E-state index >= 15 is 0 Å². The van der Waals surface area contributed by atoms with Gasteiger partial charge in [0.15, 0.2) is 0 Å². The van der Waals surface area contributed by atoms with Gasteiger partial charge in [-0.15, -0.1) is 0 Å². The van der Waals surface area contributed by atoms with Gasteiger partial charge < -0.3 is 4.98 Å². The van der Waals surface area contributed by atoms with Crippen molar-refractivity contribution < 1.29 is 19.2 Å². The van der Waals surface area contributed by atoms with Crippen molar-refractivity contribution in [2.45, 2.75) is 31.1 Å². The van der Waals surface area contributed by atoms with Crippen molar-refractivity contribution in [2.24, 2.45) is 11.8 Å². The number of nitrogens with one attached hydrogen (secondary N) is 1. The molecule has 3 aliphatic rings. The summed E-state index contributed by atoms with van der Waals surface area (Å²) < 4.78 is 0. The van der Waals surface area contributed by atoms with Crippen molar-refractivity contribution in [3.8, 4) is 0 Å². The quantitative estimate of drug-likeness (QED) is 0.411.